The summed E-state index contributed by atoms with van der Waals surface area (Å²) in [7, 11) is 0. The summed E-state index contributed by atoms with van der Waals surface area (Å²) in [6, 6.07) is 10.0. The molecule has 2 rings (SSSR count). The number of furan rings is 1. The van der Waals surface area contributed by atoms with Gasteiger partial charge in [-0.15, -0.1) is 0 Å². The molecule has 0 spiro atoms. The number of carboxylic acid groups (broad SMARTS) is 1. The maximum atomic E-state index is 10.6. The standard InChI is InChI=1S/C12H9ClO4/c13-9-3-1-2-8(6-9)7-16-11-5-4-10(17-11)12(14)15/h1-6H,7H2,(H,14,15). The molecule has 4 nitrogen and oxygen atoms in total. The van der Waals surface area contributed by atoms with Gasteiger partial charge in [-0.05, 0) is 23.8 Å². The Morgan fingerprint density at radius 1 is 1.35 bits per heavy atom. The van der Waals surface area contributed by atoms with Gasteiger partial charge in [-0.25, -0.2) is 4.79 Å². The summed E-state index contributed by atoms with van der Waals surface area (Å²) in [4.78, 5) is 10.6. The zero-order valence-corrected chi connectivity index (χ0v) is 9.48. The SMILES string of the molecule is O=C(O)c1ccc(OCc2cccc(Cl)c2)o1. The van der Waals surface area contributed by atoms with Crippen molar-refractivity contribution >= 4 is 17.6 Å². The van der Waals surface area contributed by atoms with Crippen molar-refractivity contribution in [2.75, 3.05) is 0 Å². The first-order chi connectivity index (χ1) is 8.15. The molecule has 2 aromatic rings. The van der Waals surface area contributed by atoms with Gasteiger partial charge in [-0.3, -0.25) is 0 Å². The number of aromatic carboxylic acids is 1. The highest BCUT2D eigenvalue weighted by molar-refractivity contribution is 6.30. The number of rotatable bonds is 4. The van der Waals surface area contributed by atoms with Crippen molar-refractivity contribution in [3.05, 3.63) is 52.7 Å². The first kappa shape index (κ1) is 11.5. The van der Waals surface area contributed by atoms with E-state index >= 15 is 0 Å². The van der Waals surface area contributed by atoms with Gasteiger partial charge in [0, 0.05) is 11.1 Å². The summed E-state index contributed by atoms with van der Waals surface area (Å²) in [6.07, 6.45) is 0. The van der Waals surface area contributed by atoms with E-state index in [4.69, 9.17) is 25.9 Å². The number of carboxylic acids is 1. The third-order valence-corrected chi connectivity index (χ3v) is 2.30. The van der Waals surface area contributed by atoms with E-state index in [-0.39, 0.29) is 18.3 Å². The molecule has 0 radical (unpaired) electrons. The Bertz CT molecular complexity index is 533. The van der Waals surface area contributed by atoms with Crippen molar-refractivity contribution < 1.29 is 19.1 Å². The number of halogens is 1. The zero-order valence-electron chi connectivity index (χ0n) is 8.72. The fraction of sp³-hybridized carbons (Fsp3) is 0.0833. The van der Waals surface area contributed by atoms with E-state index in [1.807, 2.05) is 12.1 Å². The minimum atomic E-state index is -1.12. The molecular weight excluding hydrogens is 244 g/mol. The second-order valence-corrected chi connectivity index (χ2v) is 3.78. The number of hydrogen-bond donors (Lipinski definition) is 1. The molecule has 0 aliphatic carbocycles. The highest BCUT2D eigenvalue weighted by atomic mass is 35.5. The third kappa shape index (κ3) is 3.01. The first-order valence-corrected chi connectivity index (χ1v) is 5.23. The summed E-state index contributed by atoms with van der Waals surface area (Å²) in [5, 5.41) is 9.28. The average Bonchev–Trinajstić information content (AvgIpc) is 2.75. The highest BCUT2D eigenvalue weighted by Crippen LogP contribution is 2.18. The monoisotopic (exact) mass is 252 g/mol. The number of benzene rings is 1. The lowest BCUT2D eigenvalue weighted by Crippen LogP contribution is -1.95. The third-order valence-electron chi connectivity index (χ3n) is 2.06. The van der Waals surface area contributed by atoms with Crippen LogP contribution in [0, 0.1) is 0 Å². The van der Waals surface area contributed by atoms with Gasteiger partial charge < -0.3 is 14.3 Å². The molecule has 5 heteroatoms. The first-order valence-electron chi connectivity index (χ1n) is 4.85. The molecule has 0 atom stereocenters. The lowest BCUT2D eigenvalue weighted by molar-refractivity contribution is 0.0652. The van der Waals surface area contributed by atoms with Crippen molar-refractivity contribution in [2.45, 2.75) is 6.61 Å². The predicted octanol–water partition coefficient (Wildman–Crippen LogP) is 3.21. The number of ether oxygens (including phenoxy) is 1. The topological polar surface area (TPSA) is 59.7 Å². The maximum Gasteiger partial charge on any atom is 0.371 e. The van der Waals surface area contributed by atoms with Crippen LogP contribution in [-0.4, -0.2) is 11.1 Å². The largest absolute Gasteiger partial charge is 0.475 e. The van der Waals surface area contributed by atoms with Gasteiger partial charge in [0.25, 0.3) is 5.95 Å². The van der Waals surface area contributed by atoms with Crippen LogP contribution < -0.4 is 4.74 Å². The van der Waals surface area contributed by atoms with Gasteiger partial charge in [0.2, 0.25) is 5.76 Å². The summed E-state index contributed by atoms with van der Waals surface area (Å²) in [5.41, 5.74) is 0.880. The maximum absolute atomic E-state index is 10.6. The van der Waals surface area contributed by atoms with Crippen molar-refractivity contribution in [1.82, 2.24) is 0 Å². The van der Waals surface area contributed by atoms with E-state index in [0.717, 1.165) is 5.56 Å². The summed E-state index contributed by atoms with van der Waals surface area (Å²) < 4.78 is 10.2. The molecule has 0 aliphatic heterocycles. The second-order valence-electron chi connectivity index (χ2n) is 3.34. The van der Waals surface area contributed by atoms with Gasteiger partial charge in [-0.1, -0.05) is 23.7 Å². The van der Waals surface area contributed by atoms with Crippen LogP contribution in [0.2, 0.25) is 5.02 Å². The lowest BCUT2D eigenvalue weighted by Gasteiger charge is -2.02. The van der Waals surface area contributed by atoms with E-state index < -0.39 is 5.97 Å². The van der Waals surface area contributed by atoms with Crippen molar-refractivity contribution in [3.8, 4) is 5.95 Å². The fourth-order valence-electron chi connectivity index (χ4n) is 1.29. The van der Waals surface area contributed by atoms with Gasteiger partial charge in [-0.2, -0.15) is 0 Å². The quantitative estimate of drug-likeness (QED) is 0.908. The molecule has 1 aromatic carbocycles. The summed E-state index contributed by atoms with van der Waals surface area (Å²) in [6.45, 7) is 0.271. The molecule has 0 amide bonds. The van der Waals surface area contributed by atoms with Gasteiger partial charge >= 0.3 is 5.97 Å². The number of hydrogen-bond acceptors (Lipinski definition) is 3. The Morgan fingerprint density at radius 3 is 2.82 bits per heavy atom. The Morgan fingerprint density at radius 2 is 2.18 bits per heavy atom. The molecule has 0 saturated carbocycles. The molecule has 0 saturated heterocycles. The van der Waals surface area contributed by atoms with Crippen LogP contribution in [0.25, 0.3) is 0 Å². The smallest absolute Gasteiger partial charge is 0.371 e. The van der Waals surface area contributed by atoms with Crippen LogP contribution in [0.5, 0.6) is 5.95 Å². The molecule has 1 heterocycles. The fourth-order valence-corrected chi connectivity index (χ4v) is 1.51. The van der Waals surface area contributed by atoms with E-state index in [9.17, 15) is 4.79 Å². The van der Waals surface area contributed by atoms with Gasteiger partial charge in [0.15, 0.2) is 0 Å². The summed E-state index contributed by atoms with van der Waals surface area (Å²) in [5.74, 6) is -1.10. The molecule has 0 fully saturated rings. The number of carbonyl (C=O) groups is 1. The van der Waals surface area contributed by atoms with Gasteiger partial charge in [0.1, 0.15) is 6.61 Å². The van der Waals surface area contributed by atoms with E-state index in [2.05, 4.69) is 0 Å². The normalized spacial score (nSPS) is 10.2. The van der Waals surface area contributed by atoms with Crippen LogP contribution in [0.15, 0.2) is 40.8 Å². The van der Waals surface area contributed by atoms with Crippen LogP contribution >= 0.6 is 11.6 Å². The molecule has 0 aliphatic rings. The zero-order chi connectivity index (χ0) is 12.3. The highest BCUT2D eigenvalue weighted by Gasteiger charge is 2.09. The molecular formula is C12H9ClO4. The minimum Gasteiger partial charge on any atom is -0.475 e. The molecule has 0 bridgehead atoms. The van der Waals surface area contributed by atoms with Crippen molar-refractivity contribution in [1.29, 1.82) is 0 Å². The van der Waals surface area contributed by atoms with Crippen LogP contribution in [0.1, 0.15) is 16.1 Å². The molecule has 17 heavy (non-hydrogen) atoms. The second kappa shape index (κ2) is 4.93. The molecule has 1 N–H and O–H groups in total. The van der Waals surface area contributed by atoms with Gasteiger partial charge in [0.05, 0.1) is 0 Å². The predicted molar refractivity (Wildman–Crippen MR) is 61.5 cm³/mol. The van der Waals surface area contributed by atoms with E-state index in [0.29, 0.717) is 5.02 Å². The van der Waals surface area contributed by atoms with Crippen molar-refractivity contribution in [3.63, 3.8) is 0 Å². The molecule has 0 unspecified atom stereocenters. The average molecular weight is 253 g/mol. The van der Waals surface area contributed by atoms with Crippen LogP contribution in [0.3, 0.4) is 0 Å². The lowest BCUT2D eigenvalue weighted by atomic mass is 10.2. The van der Waals surface area contributed by atoms with E-state index in [1.165, 1.54) is 12.1 Å². The Kier molecular flexibility index (Phi) is 3.35. The van der Waals surface area contributed by atoms with E-state index in [1.54, 1.807) is 12.1 Å². The summed E-state index contributed by atoms with van der Waals surface area (Å²) >= 11 is 5.82. The minimum absolute atomic E-state index is 0.147. The van der Waals surface area contributed by atoms with Crippen molar-refractivity contribution in [2.24, 2.45) is 0 Å². The Hall–Kier alpha value is -1.94. The Labute approximate surface area is 102 Å². The Balaban J connectivity index is 2.00. The van der Waals surface area contributed by atoms with Crippen LogP contribution in [0.4, 0.5) is 0 Å². The molecule has 1 aromatic heterocycles. The molecule has 88 valence electrons. The van der Waals surface area contributed by atoms with Crippen LogP contribution in [-0.2, 0) is 6.61 Å².